The van der Waals surface area contributed by atoms with Crippen molar-refractivity contribution < 1.29 is 34.7 Å². The van der Waals surface area contributed by atoms with E-state index in [-0.39, 0.29) is 42.2 Å². The van der Waals surface area contributed by atoms with Gasteiger partial charge in [0.05, 0.1) is 18.8 Å². The summed E-state index contributed by atoms with van der Waals surface area (Å²) >= 11 is 1.24. The summed E-state index contributed by atoms with van der Waals surface area (Å²) in [5, 5.41) is 47.6. The number of ether oxygens (including phenoxy) is 2. The van der Waals surface area contributed by atoms with Gasteiger partial charge in [-0.15, -0.1) is 24.2 Å². The molecule has 0 unspecified atom stereocenters. The highest BCUT2D eigenvalue weighted by molar-refractivity contribution is 8.00. The predicted octanol–water partition coefficient (Wildman–Crippen LogP) is 0.574. The van der Waals surface area contributed by atoms with Gasteiger partial charge in [-0.3, -0.25) is 4.79 Å². The normalized spacial score (nSPS) is 43.2. The molecule has 2 bridgehead atoms. The first kappa shape index (κ1) is 30.1. The van der Waals surface area contributed by atoms with E-state index < -0.39 is 41.9 Å². The number of thioether (sulfide) groups is 1. The van der Waals surface area contributed by atoms with E-state index in [2.05, 4.69) is 24.5 Å². The molecule has 1 amide bonds. The lowest BCUT2D eigenvalue weighted by Gasteiger charge is -2.44. The van der Waals surface area contributed by atoms with E-state index in [0.29, 0.717) is 31.3 Å². The Kier molecular flexibility index (Phi) is 11.4. The number of halogens is 1. The topological polar surface area (TPSA) is 141 Å². The molecule has 0 saturated carbocycles. The van der Waals surface area contributed by atoms with Crippen LogP contribution in [0.3, 0.4) is 0 Å². The van der Waals surface area contributed by atoms with Gasteiger partial charge in [0.1, 0.15) is 35.9 Å². The monoisotopic (exact) mass is 550 g/mol. The standard InChI is InChI=1S/C25H42N2O7S.ClH/c1-13(2)9-14-7-8-33-22-15(10-14)11-26-18(22)24(32)27-17-6-4-3-5-16(12-28)35-25-21(31)19(29)20(30)23(17)34-25;/h3-4,13-23,25-26,28-31H,5-12H2,1-2H3,(H,27,32);1H/t14-,15-,16+,17+,18-,19-,20+,21+,22+,23+,25+;/m0./s1. The van der Waals surface area contributed by atoms with E-state index in [0.717, 1.165) is 19.4 Å². The van der Waals surface area contributed by atoms with Crippen LogP contribution in [0.2, 0.25) is 0 Å². The van der Waals surface area contributed by atoms with Crippen molar-refractivity contribution in [3.63, 3.8) is 0 Å². The summed E-state index contributed by atoms with van der Waals surface area (Å²) in [5.41, 5.74) is -0.821. The van der Waals surface area contributed by atoms with Gasteiger partial charge in [0, 0.05) is 18.4 Å². The molecule has 0 aromatic carbocycles. The number of amides is 1. The zero-order valence-electron chi connectivity index (χ0n) is 21.1. The Balaban J connectivity index is 0.00000361. The van der Waals surface area contributed by atoms with Crippen LogP contribution < -0.4 is 10.6 Å². The number of rotatable bonds is 5. The number of allylic oxidation sites excluding steroid dienone is 1. The minimum Gasteiger partial charge on any atom is -0.395 e. The number of fused-ring (bicyclic) bond motifs is 3. The van der Waals surface area contributed by atoms with E-state index in [4.69, 9.17) is 9.47 Å². The van der Waals surface area contributed by atoms with Gasteiger partial charge in [-0.1, -0.05) is 26.0 Å². The van der Waals surface area contributed by atoms with Crippen molar-refractivity contribution in [3.05, 3.63) is 12.2 Å². The van der Waals surface area contributed by atoms with Crippen LogP contribution in [0, 0.1) is 17.8 Å². The first-order chi connectivity index (χ1) is 16.8. The molecule has 4 heterocycles. The lowest BCUT2D eigenvalue weighted by atomic mass is 9.85. The molecule has 36 heavy (non-hydrogen) atoms. The first-order valence-electron chi connectivity index (χ1n) is 13.0. The Morgan fingerprint density at radius 1 is 1.14 bits per heavy atom. The minimum absolute atomic E-state index is 0. The molecule has 0 radical (unpaired) electrons. The molecular formula is C25H43ClN2O7S. The van der Waals surface area contributed by atoms with Gasteiger partial charge in [0.25, 0.3) is 0 Å². The highest BCUT2D eigenvalue weighted by Gasteiger charge is 2.49. The van der Waals surface area contributed by atoms with Crippen molar-refractivity contribution >= 4 is 30.1 Å². The lowest BCUT2D eigenvalue weighted by molar-refractivity contribution is -0.205. The van der Waals surface area contributed by atoms with Gasteiger partial charge in [0.2, 0.25) is 5.91 Å². The molecule has 6 N–H and O–H groups in total. The van der Waals surface area contributed by atoms with Crippen LogP contribution in [-0.2, 0) is 14.3 Å². The van der Waals surface area contributed by atoms with Gasteiger partial charge in [-0.05, 0) is 49.9 Å². The number of carbonyl (C=O) groups is 1. The number of nitrogens with one attached hydrogen (secondary N) is 2. The summed E-state index contributed by atoms with van der Waals surface area (Å²) in [7, 11) is 0. The van der Waals surface area contributed by atoms with Crippen molar-refractivity contribution in [2.45, 2.75) is 99.2 Å². The quantitative estimate of drug-likeness (QED) is 0.271. The van der Waals surface area contributed by atoms with Crippen LogP contribution in [0.25, 0.3) is 0 Å². The number of carbonyl (C=O) groups excluding carboxylic acids is 1. The molecule has 208 valence electrons. The van der Waals surface area contributed by atoms with Crippen LogP contribution in [0.15, 0.2) is 12.2 Å². The Hall–Kier alpha value is -0.430. The minimum atomic E-state index is -1.41. The molecule has 3 saturated heterocycles. The lowest BCUT2D eigenvalue weighted by Crippen LogP contribution is -2.64. The SMILES string of the molecule is CC(C)C[C@@H]1CCO[C@@H]2[C@H](CN[C@@H]2C(=O)N[C@@H]2CC=CC[C@H](CO)S[C@H]3O[C@H]2[C@H](O)[C@H](O)[C@H]3O)C1.Cl. The summed E-state index contributed by atoms with van der Waals surface area (Å²) in [6.07, 6.45) is 2.88. The summed E-state index contributed by atoms with van der Waals surface area (Å²) < 4.78 is 12.2. The predicted molar refractivity (Wildman–Crippen MR) is 140 cm³/mol. The van der Waals surface area contributed by atoms with E-state index in [9.17, 15) is 25.2 Å². The third-order valence-corrected chi connectivity index (χ3v) is 9.15. The van der Waals surface area contributed by atoms with E-state index in [1.165, 1.54) is 18.2 Å². The van der Waals surface area contributed by atoms with Crippen LogP contribution in [0.5, 0.6) is 0 Å². The fraction of sp³-hybridized carbons (Fsp3) is 0.880. The van der Waals surface area contributed by atoms with Crippen molar-refractivity contribution in [1.29, 1.82) is 0 Å². The van der Waals surface area contributed by atoms with Crippen molar-refractivity contribution in [2.24, 2.45) is 17.8 Å². The van der Waals surface area contributed by atoms with Gasteiger partial charge in [-0.25, -0.2) is 0 Å². The smallest absolute Gasteiger partial charge is 0.240 e. The van der Waals surface area contributed by atoms with Crippen molar-refractivity contribution in [2.75, 3.05) is 19.8 Å². The van der Waals surface area contributed by atoms with Crippen molar-refractivity contribution in [3.8, 4) is 0 Å². The third kappa shape index (κ3) is 6.95. The van der Waals surface area contributed by atoms with Crippen molar-refractivity contribution in [1.82, 2.24) is 10.6 Å². The average Bonchev–Trinajstić information content (AvgIpc) is 3.11. The maximum atomic E-state index is 13.4. The molecule has 0 aromatic rings. The second-order valence-corrected chi connectivity index (χ2v) is 12.3. The summed E-state index contributed by atoms with van der Waals surface area (Å²) in [6, 6.07) is -1.08. The number of aliphatic hydroxyl groups excluding tert-OH is 4. The fourth-order valence-corrected chi connectivity index (χ4v) is 7.19. The van der Waals surface area contributed by atoms with E-state index in [1.54, 1.807) is 0 Å². The number of hydrogen-bond acceptors (Lipinski definition) is 9. The molecule has 11 atom stereocenters. The second kappa shape index (κ2) is 13.6. The summed E-state index contributed by atoms with van der Waals surface area (Å²) in [4.78, 5) is 13.4. The highest BCUT2D eigenvalue weighted by Crippen LogP contribution is 2.36. The molecule has 9 nitrogen and oxygen atoms in total. The molecule has 0 aliphatic carbocycles. The van der Waals surface area contributed by atoms with E-state index in [1.807, 2.05) is 12.2 Å². The molecule has 4 aliphatic rings. The Labute approximate surface area is 224 Å². The zero-order valence-corrected chi connectivity index (χ0v) is 22.7. The number of hydrogen-bond donors (Lipinski definition) is 6. The molecule has 0 spiro atoms. The molecule has 0 aromatic heterocycles. The highest BCUT2D eigenvalue weighted by atomic mass is 35.5. The van der Waals surface area contributed by atoms with Crippen LogP contribution in [-0.4, -0.2) is 99.4 Å². The maximum absolute atomic E-state index is 13.4. The van der Waals surface area contributed by atoms with Crippen LogP contribution in [0.1, 0.15) is 46.0 Å². The second-order valence-electron chi connectivity index (χ2n) is 10.9. The van der Waals surface area contributed by atoms with Gasteiger partial charge < -0.3 is 40.5 Å². The maximum Gasteiger partial charge on any atom is 0.240 e. The molecule has 4 aliphatic heterocycles. The molecule has 11 heteroatoms. The molecular weight excluding hydrogens is 508 g/mol. The Bertz CT molecular complexity index is 747. The summed E-state index contributed by atoms with van der Waals surface area (Å²) in [5.74, 6) is 1.32. The van der Waals surface area contributed by atoms with Gasteiger partial charge in [0.15, 0.2) is 0 Å². The summed E-state index contributed by atoms with van der Waals surface area (Å²) in [6.45, 7) is 5.76. The van der Waals surface area contributed by atoms with Gasteiger partial charge in [-0.2, -0.15) is 0 Å². The fourth-order valence-electron chi connectivity index (χ4n) is 5.99. The Morgan fingerprint density at radius 3 is 2.61 bits per heavy atom. The Morgan fingerprint density at radius 2 is 1.89 bits per heavy atom. The largest absolute Gasteiger partial charge is 0.395 e. The molecule has 4 rings (SSSR count). The van der Waals surface area contributed by atoms with Crippen LogP contribution >= 0.6 is 24.2 Å². The van der Waals surface area contributed by atoms with Gasteiger partial charge >= 0.3 is 0 Å². The zero-order chi connectivity index (χ0) is 25.1. The first-order valence-corrected chi connectivity index (χ1v) is 14.0. The van der Waals surface area contributed by atoms with Crippen LogP contribution in [0.4, 0.5) is 0 Å². The number of aliphatic hydroxyl groups is 4. The third-order valence-electron chi connectivity index (χ3n) is 7.77. The average molecular weight is 551 g/mol. The molecule has 3 fully saturated rings. The van der Waals surface area contributed by atoms with E-state index >= 15 is 0 Å².